The maximum Gasteiger partial charge on any atom is 0.0743 e. The summed E-state index contributed by atoms with van der Waals surface area (Å²) in [5.74, 6) is 0. The monoisotopic (exact) mass is 235 g/mol. The molecule has 0 saturated carbocycles. The van der Waals surface area contributed by atoms with Crippen LogP contribution >= 0.6 is 0 Å². The Labute approximate surface area is 103 Å². The van der Waals surface area contributed by atoms with Gasteiger partial charge in [0.2, 0.25) is 0 Å². The van der Waals surface area contributed by atoms with Gasteiger partial charge in [-0.25, -0.2) is 0 Å². The van der Waals surface area contributed by atoms with Gasteiger partial charge >= 0.3 is 0 Å². The van der Waals surface area contributed by atoms with Gasteiger partial charge in [-0.2, -0.15) is 0 Å². The van der Waals surface area contributed by atoms with Gasteiger partial charge in [0.05, 0.1) is 12.7 Å². The van der Waals surface area contributed by atoms with Gasteiger partial charge in [-0.1, -0.05) is 37.3 Å². The highest BCUT2D eigenvalue weighted by Crippen LogP contribution is 2.31. The highest BCUT2D eigenvalue weighted by molar-refractivity contribution is 5.14. The standard InChI is InChI=1S/C14H21NO2/c1-14(11-16)7-8-15(10-13(14)17)9-12-5-3-2-4-6-12/h2-6,13,16-17H,7-11H2,1H3/t13-,14+/m0/s1. The first kappa shape index (κ1) is 12.6. The highest BCUT2D eigenvalue weighted by Gasteiger charge is 2.37. The molecule has 1 aliphatic rings. The summed E-state index contributed by atoms with van der Waals surface area (Å²) in [6.07, 6.45) is 0.405. The fraction of sp³-hybridized carbons (Fsp3) is 0.571. The van der Waals surface area contributed by atoms with Crippen LogP contribution in [0.3, 0.4) is 0 Å². The van der Waals surface area contributed by atoms with Gasteiger partial charge in [0.1, 0.15) is 0 Å². The molecule has 0 aromatic heterocycles. The number of nitrogens with zero attached hydrogens (tertiary/aromatic N) is 1. The second-order valence-electron chi connectivity index (χ2n) is 5.30. The molecule has 1 aliphatic heterocycles. The lowest BCUT2D eigenvalue weighted by Gasteiger charge is -2.42. The Balaban J connectivity index is 1.94. The largest absolute Gasteiger partial charge is 0.396 e. The number of likely N-dealkylation sites (tertiary alicyclic amines) is 1. The predicted molar refractivity (Wildman–Crippen MR) is 67.5 cm³/mol. The summed E-state index contributed by atoms with van der Waals surface area (Å²) in [5.41, 5.74) is 0.944. The number of piperidine rings is 1. The van der Waals surface area contributed by atoms with Crippen LogP contribution in [0.4, 0.5) is 0 Å². The van der Waals surface area contributed by atoms with E-state index in [1.54, 1.807) is 0 Å². The minimum absolute atomic E-state index is 0.0628. The Morgan fingerprint density at radius 3 is 2.65 bits per heavy atom. The van der Waals surface area contributed by atoms with E-state index in [2.05, 4.69) is 17.0 Å². The van der Waals surface area contributed by atoms with E-state index in [-0.39, 0.29) is 12.0 Å². The maximum atomic E-state index is 10.1. The minimum atomic E-state index is -0.440. The fourth-order valence-corrected chi connectivity index (χ4v) is 2.31. The van der Waals surface area contributed by atoms with Crippen molar-refractivity contribution in [2.45, 2.75) is 26.0 Å². The van der Waals surface area contributed by atoms with E-state index in [1.165, 1.54) is 5.56 Å². The quantitative estimate of drug-likeness (QED) is 0.828. The minimum Gasteiger partial charge on any atom is -0.396 e. The Morgan fingerprint density at radius 2 is 2.06 bits per heavy atom. The van der Waals surface area contributed by atoms with Crippen molar-refractivity contribution in [3.05, 3.63) is 35.9 Å². The molecule has 0 radical (unpaired) electrons. The average molecular weight is 235 g/mol. The second-order valence-corrected chi connectivity index (χ2v) is 5.30. The zero-order chi connectivity index (χ0) is 12.3. The predicted octanol–water partition coefficient (Wildman–Crippen LogP) is 1.25. The molecule has 1 heterocycles. The van der Waals surface area contributed by atoms with E-state index in [9.17, 15) is 10.2 Å². The van der Waals surface area contributed by atoms with Gasteiger partial charge in [-0.05, 0) is 18.5 Å². The van der Waals surface area contributed by atoms with Gasteiger partial charge in [0.25, 0.3) is 0 Å². The molecular formula is C14H21NO2. The number of aliphatic hydroxyl groups is 2. The van der Waals surface area contributed by atoms with Gasteiger partial charge in [0, 0.05) is 18.5 Å². The Bertz CT molecular complexity index is 354. The van der Waals surface area contributed by atoms with Crippen LogP contribution in [0.5, 0.6) is 0 Å². The van der Waals surface area contributed by atoms with Crippen molar-refractivity contribution in [2.24, 2.45) is 5.41 Å². The molecule has 0 spiro atoms. The van der Waals surface area contributed by atoms with E-state index < -0.39 is 6.10 Å². The summed E-state index contributed by atoms with van der Waals surface area (Å²) < 4.78 is 0. The molecule has 1 saturated heterocycles. The van der Waals surface area contributed by atoms with Crippen LogP contribution in [0.1, 0.15) is 18.9 Å². The van der Waals surface area contributed by atoms with Crippen molar-refractivity contribution < 1.29 is 10.2 Å². The SMILES string of the molecule is C[C@]1(CO)CCN(Cc2ccccc2)C[C@@H]1O. The molecule has 0 aliphatic carbocycles. The molecule has 1 aromatic rings. The van der Waals surface area contributed by atoms with Crippen molar-refractivity contribution in [3.8, 4) is 0 Å². The molecule has 0 unspecified atom stereocenters. The van der Waals surface area contributed by atoms with Gasteiger partial charge in [-0.3, -0.25) is 4.90 Å². The molecule has 3 nitrogen and oxygen atoms in total. The molecule has 0 bridgehead atoms. The molecule has 17 heavy (non-hydrogen) atoms. The Kier molecular flexibility index (Phi) is 3.82. The van der Waals surface area contributed by atoms with Crippen LogP contribution in [0.25, 0.3) is 0 Å². The topological polar surface area (TPSA) is 43.7 Å². The summed E-state index contributed by atoms with van der Waals surface area (Å²) in [7, 11) is 0. The van der Waals surface area contributed by atoms with Gasteiger partial charge in [-0.15, -0.1) is 0 Å². The van der Waals surface area contributed by atoms with Crippen LogP contribution in [0, 0.1) is 5.41 Å². The molecule has 0 amide bonds. The van der Waals surface area contributed by atoms with E-state index in [1.807, 2.05) is 25.1 Å². The Hall–Kier alpha value is -0.900. The summed E-state index contributed by atoms with van der Waals surface area (Å²) in [6, 6.07) is 10.3. The first-order valence-electron chi connectivity index (χ1n) is 6.19. The summed E-state index contributed by atoms with van der Waals surface area (Å²) in [6.45, 7) is 4.47. The van der Waals surface area contributed by atoms with E-state index in [0.29, 0.717) is 6.54 Å². The van der Waals surface area contributed by atoms with Crippen LogP contribution in [-0.4, -0.2) is 40.9 Å². The fourth-order valence-electron chi connectivity index (χ4n) is 2.31. The third kappa shape index (κ3) is 2.86. The summed E-state index contributed by atoms with van der Waals surface area (Å²) in [4.78, 5) is 2.25. The molecule has 2 atom stereocenters. The third-order valence-corrected chi connectivity index (χ3v) is 3.84. The molecule has 1 fully saturated rings. The van der Waals surface area contributed by atoms with E-state index in [4.69, 9.17) is 0 Å². The zero-order valence-corrected chi connectivity index (χ0v) is 10.3. The lowest BCUT2D eigenvalue weighted by molar-refractivity contribution is -0.0647. The highest BCUT2D eigenvalue weighted by atomic mass is 16.3. The number of hydrogen-bond donors (Lipinski definition) is 2. The smallest absolute Gasteiger partial charge is 0.0743 e. The number of benzene rings is 1. The molecule has 2 N–H and O–H groups in total. The van der Waals surface area contributed by atoms with Crippen molar-refractivity contribution in [3.63, 3.8) is 0 Å². The van der Waals surface area contributed by atoms with Crippen molar-refractivity contribution in [1.29, 1.82) is 0 Å². The molecule has 94 valence electrons. The van der Waals surface area contributed by atoms with Crippen molar-refractivity contribution in [1.82, 2.24) is 4.90 Å². The average Bonchev–Trinajstić information content (AvgIpc) is 2.35. The molecule has 3 heteroatoms. The van der Waals surface area contributed by atoms with Crippen LogP contribution in [0.15, 0.2) is 30.3 Å². The summed E-state index contributed by atoms with van der Waals surface area (Å²) >= 11 is 0. The molecule has 2 rings (SSSR count). The number of hydrogen-bond acceptors (Lipinski definition) is 3. The lowest BCUT2D eigenvalue weighted by atomic mass is 9.78. The van der Waals surface area contributed by atoms with Crippen LogP contribution in [-0.2, 0) is 6.54 Å². The number of β-amino-alcohol motifs (C(OH)–C–C–N with tert-alkyl or cyclic N) is 1. The first-order valence-corrected chi connectivity index (χ1v) is 6.19. The summed E-state index contributed by atoms with van der Waals surface area (Å²) in [5, 5.41) is 19.4. The number of rotatable bonds is 3. The van der Waals surface area contributed by atoms with Gasteiger partial charge in [0.15, 0.2) is 0 Å². The number of aliphatic hydroxyl groups excluding tert-OH is 2. The van der Waals surface area contributed by atoms with E-state index in [0.717, 1.165) is 19.5 Å². The van der Waals surface area contributed by atoms with Crippen LogP contribution in [0.2, 0.25) is 0 Å². The molecular weight excluding hydrogens is 214 g/mol. The van der Waals surface area contributed by atoms with E-state index >= 15 is 0 Å². The van der Waals surface area contributed by atoms with Crippen molar-refractivity contribution in [2.75, 3.05) is 19.7 Å². The maximum absolute atomic E-state index is 10.1. The third-order valence-electron chi connectivity index (χ3n) is 3.84. The second kappa shape index (κ2) is 5.17. The van der Waals surface area contributed by atoms with Gasteiger partial charge < -0.3 is 10.2 Å². The Morgan fingerprint density at radius 1 is 1.35 bits per heavy atom. The molecule has 1 aromatic carbocycles. The zero-order valence-electron chi connectivity index (χ0n) is 10.3. The first-order chi connectivity index (χ1) is 8.14. The lowest BCUT2D eigenvalue weighted by Crippen LogP contribution is -2.50. The van der Waals surface area contributed by atoms with Crippen molar-refractivity contribution >= 4 is 0 Å². The normalized spacial score (nSPS) is 30.4. The van der Waals surface area contributed by atoms with Crippen LogP contribution < -0.4 is 0 Å².